The predicted molar refractivity (Wildman–Crippen MR) is 163 cm³/mol. The molecule has 0 aliphatic rings. The van der Waals surface area contributed by atoms with Crippen molar-refractivity contribution < 1.29 is 19.1 Å². The largest absolute Gasteiger partial charge is 0.462 e. The van der Waals surface area contributed by atoms with Crippen LogP contribution in [0.3, 0.4) is 0 Å². The monoisotopic (exact) mass is 758 g/mol. The molecule has 0 saturated heterocycles. The van der Waals surface area contributed by atoms with Gasteiger partial charge in [0.1, 0.15) is 0 Å². The van der Waals surface area contributed by atoms with Crippen molar-refractivity contribution >= 4 is 75.7 Å². The lowest BCUT2D eigenvalue weighted by Gasteiger charge is -2.16. The molecule has 0 saturated carbocycles. The molecule has 0 aliphatic heterocycles. The van der Waals surface area contributed by atoms with Crippen molar-refractivity contribution in [3.05, 3.63) is 29.0 Å². The molecule has 0 N–H and O–H groups in total. The van der Waals surface area contributed by atoms with Crippen molar-refractivity contribution in [1.82, 2.24) is 0 Å². The topological polar surface area (TPSA) is 52.6 Å². The summed E-state index contributed by atoms with van der Waals surface area (Å²) in [5, 5.41) is 0. The van der Waals surface area contributed by atoms with Crippen molar-refractivity contribution in [2.45, 2.75) is 117 Å². The normalized spacial score (nSPS) is 11.1. The van der Waals surface area contributed by atoms with Gasteiger partial charge in [0.15, 0.2) is 0 Å². The van der Waals surface area contributed by atoms with Crippen LogP contribution in [0.15, 0.2) is 17.9 Å². The Kier molecular flexibility index (Phi) is 19.9. The summed E-state index contributed by atoms with van der Waals surface area (Å²) in [6.45, 7) is 5.10. The maximum absolute atomic E-state index is 13.0. The van der Waals surface area contributed by atoms with Crippen LogP contribution in [-0.4, -0.2) is 25.2 Å². The molecule has 0 radical (unpaired) electrons. The van der Waals surface area contributed by atoms with E-state index in [9.17, 15) is 9.59 Å². The van der Waals surface area contributed by atoms with Crippen LogP contribution in [0.1, 0.15) is 137 Å². The van der Waals surface area contributed by atoms with Crippen LogP contribution >= 0.6 is 63.7 Å². The number of halogens is 4. The highest BCUT2D eigenvalue weighted by Gasteiger charge is 2.29. The van der Waals surface area contributed by atoms with E-state index in [1.165, 1.54) is 64.2 Å². The molecule has 0 fully saturated rings. The number of rotatable bonds is 20. The van der Waals surface area contributed by atoms with Crippen LogP contribution in [0.4, 0.5) is 0 Å². The average Bonchev–Trinajstić information content (AvgIpc) is 2.87. The second-order valence-corrected chi connectivity index (χ2v) is 12.4. The van der Waals surface area contributed by atoms with E-state index < -0.39 is 11.9 Å². The molecule has 0 spiro atoms. The van der Waals surface area contributed by atoms with Crippen LogP contribution in [0, 0.1) is 0 Å². The van der Waals surface area contributed by atoms with Gasteiger partial charge in [-0.2, -0.15) is 0 Å². The number of hydrogen-bond acceptors (Lipinski definition) is 4. The minimum absolute atomic E-state index is 0.178. The lowest BCUT2D eigenvalue weighted by Crippen LogP contribution is -2.17. The Bertz CT molecular complexity index is 733. The second kappa shape index (κ2) is 21.0. The Labute approximate surface area is 251 Å². The van der Waals surface area contributed by atoms with Gasteiger partial charge in [0.25, 0.3) is 0 Å². The Morgan fingerprint density at radius 1 is 0.472 bits per heavy atom. The summed E-state index contributed by atoms with van der Waals surface area (Å²) in [5.74, 6) is -1.06. The van der Waals surface area contributed by atoms with Gasteiger partial charge in [-0.3, -0.25) is 0 Å². The van der Waals surface area contributed by atoms with E-state index in [4.69, 9.17) is 9.47 Å². The minimum atomic E-state index is -0.530. The fourth-order valence-electron chi connectivity index (χ4n) is 3.96. The number of benzene rings is 1. The zero-order chi connectivity index (χ0) is 26.8. The molecular formula is C28H42Br4O4. The molecule has 1 aromatic rings. The molecular weight excluding hydrogens is 720 g/mol. The fourth-order valence-corrected chi connectivity index (χ4v) is 6.40. The van der Waals surface area contributed by atoms with E-state index in [1.807, 2.05) is 0 Å². The first-order chi connectivity index (χ1) is 17.4. The number of carbonyl (C=O) groups excluding carboxylic acids is 2. The molecule has 1 rings (SSSR count). The van der Waals surface area contributed by atoms with E-state index in [0.29, 0.717) is 31.1 Å². The van der Waals surface area contributed by atoms with Crippen LogP contribution in [-0.2, 0) is 9.47 Å². The fraction of sp³-hybridized carbons (Fsp3) is 0.714. The number of unbranched alkanes of at least 4 members (excludes halogenated alkanes) is 14. The summed E-state index contributed by atoms with van der Waals surface area (Å²) in [6.07, 6.45) is 18.7. The molecule has 0 amide bonds. The lowest BCUT2D eigenvalue weighted by molar-refractivity contribution is 0.0448. The first kappa shape index (κ1) is 34.1. The van der Waals surface area contributed by atoms with Crippen molar-refractivity contribution in [2.75, 3.05) is 13.2 Å². The molecule has 4 nitrogen and oxygen atoms in total. The summed E-state index contributed by atoms with van der Waals surface area (Å²) >= 11 is 13.9. The lowest BCUT2D eigenvalue weighted by atomic mass is 10.1. The maximum Gasteiger partial charge on any atom is 0.340 e. The first-order valence-electron chi connectivity index (χ1n) is 13.6. The van der Waals surface area contributed by atoms with Gasteiger partial charge in [0.2, 0.25) is 0 Å². The Balaban J connectivity index is 2.62. The third kappa shape index (κ3) is 12.8. The standard InChI is InChI=1S/C28H42Br4O4/c1-3-5-7-9-11-13-15-17-19-35-27(33)21-22(24(30)26(32)25(31)23(21)29)28(34)36-20-18-16-14-12-10-8-6-4-2/h3-20H2,1-2H3. The smallest absolute Gasteiger partial charge is 0.340 e. The Morgan fingerprint density at radius 3 is 1.06 bits per heavy atom. The van der Waals surface area contributed by atoms with Gasteiger partial charge in [-0.15, -0.1) is 0 Å². The van der Waals surface area contributed by atoms with Gasteiger partial charge < -0.3 is 9.47 Å². The van der Waals surface area contributed by atoms with Crippen LogP contribution in [0.2, 0.25) is 0 Å². The summed E-state index contributed by atoms with van der Waals surface area (Å²) in [7, 11) is 0. The van der Waals surface area contributed by atoms with Gasteiger partial charge in [-0.25, -0.2) is 9.59 Å². The molecule has 8 heteroatoms. The molecule has 0 bridgehead atoms. The van der Waals surface area contributed by atoms with E-state index in [0.717, 1.165) is 38.5 Å². The number of ether oxygens (including phenoxy) is 2. The summed E-state index contributed by atoms with van der Waals surface area (Å²) < 4.78 is 13.3. The van der Waals surface area contributed by atoms with Crippen molar-refractivity contribution in [1.29, 1.82) is 0 Å². The van der Waals surface area contributed by atoms with Gasteiger partial charge >= 0.3 is 11.9 Å². The Hall–Kier alpha value is 0.0800. The van der Waals surface area contributed by atoms with Gasteiger partial charge in [0.05, 0.1) is 24.3 Å². The predicted octanol–water partition coefficient (Wildman–Crippen LogP) is 11.3. The maximum atomic E-state index is 13.0. The van der Waals surface area contributed by atoms with E-state index in [2.05, 4.69) is 77.6 Å². The third-order valence-electron chi connectivity index (χ3n) is 6.14. The zero-order valence-corrected chi connectivity index (χ0v) is 28.2. The highest BCUT2D eigenvalue weighted by atomic mass is 79.9. The molecule has 0 aliphatic carbocycles. The van der Waals surface area contributed by atoms with Crippen molar-refractivity contribution in [2.24, 2.45) is 0 Å². The first-order valence-corrected chi connectivity index (χ1v) is 16.7. The number of esters is 2. The summed E-state index contributed by atoms with van der Waals surface area (Å²) in [6, 6.07) is 0. The Morgan fingerprint density at radius 2 is 0.750 bits per heavy atom. The summed E-state index contributed by atoms with van der Waals surface area (Å²) in [5.41, 5.74) is 0.356. The van der Waals surface area contributed by atoms with Crippen LogP contribution < -0.4 is 0 Å². The third-order valence-corrected chi connectivity index (χ3v) is 10.9. The molecule has 0 aromatic heterocycles. The molecule has 0 heterocycles. The van der Waals surface area contributed by atoms with Gasteiger partial charge in [-0.05, 0) is 76.6 Å². The van der Waals surface area contributed by atoms with Crippen molar-refractivity contribution in [3.8, 4) is 0 Å². The van der Waals surface area contributed by atoms with Crippen LogP contribution in [0.25, 0.3) is 0 Å². The molecule has 0 atom stereocenters. The van der Waals surface area contributed by atoms with Crippen molar-refractivity contribution in [3.63, 3.8) is 0 Å². The second-order valence-electron chi connectivity index (χ2n) is 9.23. The van der Waals surface area contributed by atoms with Crippen LogP contribution in [0.5, 0.6) is 0 Å². The van der Waals surface area contributed by atoms with Gasteiger partial charge in [0, 0.05) is 17.9 Å². The number of hydrogen-bond donors (Lipinski definition) is 0. The van der Waals surface area contributed by atoms with E-state index in [-0.39, 0.29) is 11.1 Å². The number of carbonyl (C=O) groups is 2. The highest BCUT2D eigenvalue weighted by Crippen LogP contribution is 2.42. The molecule has 36 heavy (non-hydrogen) atoms. The quantitative estimate of drug-likeness (QED) is 0.0575. The van der Waals surface area contributed by atoms with E-state index >= 15 is 0 Å². The van der Waals surface area contributed by atoms with E-state index in [1.54, 1.807) is 0 Å². The highest BCUT2D eigenvalue weighted by molar-refractivity contribution is 9.15. The van der Waals surface area contributed by atoms with Gasteiger partial charge in [-0.1, -0.05) is 104 Å². The minimum Gasteiger partial charge on any atom is -0.462 e. The molecule has 206 valence electrons. The molecule has 0 unspecified atom stereocenters. The average molecular weight is 762 g/mol. The summed E-state index contributed by atoms with van der Waals surface area (Å²) in [4.78, 5) is 26.0. The molecule has 1 aromatic carbocycles. The SMILES string of the molecule is CCCCCCCCCCOC(=O)c1c(Br)c(Br)c(Br)c(Br)c1C(=O)OCCCCCCCCCC. The zero-order valence-electron chi connectivity index (χ0n) is 21.9.